The third kappa shape index (κ3) is 4.36. The fraction of sp³-hybridized carbons (Fsp3) is 0.526. The van der Waals surface area contributed by atoms with E-state index in [1.807, 2.05) is 0 Å². The van der Waals surface area contributed by atoms with Crippen molar-refractivity contribution in [1.82, 2.24) is 15.3 Å². The van der Waals surface area contributed by atoms with E-state index in [1.54, 1.807) is 5.32 Å². The Labute approximate surface area is 185 Å². The van der Waals surface area contributed by atoms with Crippen LogP contribution in [-0.4, -0.2) is 62.6 Å². The number of methoxy groups -OCH3 is 2. The maximum absolute atomic E-state index is 12.5. The van der Waals surface area contributed by atoms with Gasteiger partial charge < -0.3 is 30.2 Å². The summed E-state index contributed by atoms with van der Waals surface area (Å²) in [6.07, 6.45) is -4.26. The summed E-state index contributed by atoms with van der Waals surface area (Å²) >= 11 is 0. The first-order valence-electron chi connectivity index (χ1n) is 15.5. The minimum absolute atomic E-state index is 0.200. The van der Waals surface area contributed by atoms with Crippen molar-refractivity contribution >= 4 is 28.6 Å². The monoisotopic (exact) mass is 404 g/mol. The van der Waals surface area contributed by atoms with E-state index in [0.29, 0.717) is 6.42 Å². The smallest absolute Gasteiger partial charge is 0.249 e. The van der Waals surface area contributed by atoms with Crippen molar-refractivity contribution in [2.75, 3.05) is 51.3 Å². The fourth-order valence-electron chi connectivity index (χ4n) is 2.50. The molecule has 1 aliphatic rings. The van der Waals surface area contributed by atoms with Gasteiger partial charge >= 0.3 is 0 Å². The second-order valence-electron chi connectivity index (χ2n) is 5.62. The minimum atomic E-state index is -3.84. The van der Waals surface area contributed by atoms with Gasteiger partial charge in [-0.15, -0.1) is 0 Å². The number of anilines is 2. The zero-order valence-electron chi connectivity index (χ0n) is 29.4. The van der Waals surface area contributed by atoms with Crippen molar-refractivity contribution in [2.24, 2.45) is 0 Å². The quantitative estimate of drug-likeness (QED) is 0.678. The van der Waals surface area contributed by atoms with Gasteiger partial charge in [-0.25, -0.2) is 4.98 Å². The predicted octanol–water partition coefficient (Wildman–Crippen LogP) is 1.35. The van der Waals surface area contributed by atoms with Crippen molar-refractivity contribution in [2.45, 2.75) is 25.3 Å². The van der Waals surface area contributed by atoms with Gasteiger partial charge in [0.15, 0.2) is 11.5 Å². The second-order valence-corrected chi connectivity index (χ2v) is 5.62. The Morgan fingerprint density at radius 2 is 2.25 bits per heavy atom. The zero-order chi connectivity index (χ0) is 33.0. The number of carbonyl (C=O) groups is 1. The van der Waals surface area contributed by atoms with Crippen LogP contribution in [0.15, 0.2) is 12.1 Å². The van der Waals surface area contributed by atoms with E-state index in [1.165, 1.54) is 0 Å². The molecule has 0 bridgehead atoms. The number of benzene rings is 1. The molecule has 1 aromatic heterocycles. The molecule has 1 aliphatic heterocycles. The summed E-state index contributed by atoms with van der Waals surface area (Å²) in [5, 5.41) is 1.53. The molecule has 28 heavy (non-hydrogen) atoms. The van der Waals surface area contributed by atoms with Gasteiger partial charge in [-0.1, -0.05) is 0 Å². The van der Waals surface area contributed by atoms with Gasteiger partial charge in [-0.05, 0) is 25.3 Å². The number of nitrogens with two attached hydrogens (primary N) is 1. The van der Waals surface area contributed by atoms with Crippen molar-refractivity contribution < 1.29 is 39.6 Å². The van der Waals surface area contributed by atoms with Gasteiger partial charge in [-0.2, -0.15) is 4.98 Å². The number of carbonyl (C=O) groups excluding carboxylic acids is 1. The molecule has 9 nitrogen and oxygen atoms in total. The van der Waals surface area contributed by atoms with E-state index in [-0.39, 0.29) is 23.3 Å². The number of fused-ring (bicyclic) bond motifs is 1. The molecule has 2 aromatic rings. The number of nitrogen functional groups attached to an aromatic ring is 1. The molecule has 2 heterocycles. The number of nitrogens with zero attached hydrogens (tertiary/aromatic N) is 3. The molecule has 0 saturated carbocycles. The number of ether oxygens (including phenoxy) is 3. The highest BCUT2D eigenvalue weighted by Gasteiger charge is 2.22. The Morgan fingerprint density at radius 3 is 2.96 bits per heavy atom. The van der Waals surface area contributed by atoms with Crippen molar-refractivity contribution in [3.63, 3.8) is 0 Å². The van der Waals surface area contributed by atoms with Crippen LogP contribution in [0.5, 0.6) is 11.5 Å². The van der Waals surface area contributed by atoms with E-state index in [9.17, 15) is 4.79 Å². The fourth-order valence-corrected chi connectivity index (χ4v) is 2.50. The van der Waals surface area contributed by atoms with Crippen LogP contribution in [0.25, 0.3) is 10.9 Å². The van der Waals surface area contributed by atoms with Gasteiger partial charge in [0, 0.05) is 50.4 Å². The molecule has 0 spiro atoms. The lowest BCUT2D eigenvalue weighted by Gasteiger charge is -2.19. The highest BCUT2D eigenvalue weighted by atomic mass is 16.5. The number of hydrogen-bond donors (Lipinski definition) is 2. The largest absolute Gasteiger partial charge is 0.493 e. The first kappa shape index (κ1) is 8.28. The highest BCUT2D eigenvalue weighted by Crippen LogP contribution is 2.33. The lowest BCUT2D eigenvalue weighted by Crippen LogP contribution is -2.36. The number of aromatic nitrogens is 2. The highest BCUT2D eigenvalue weighted by molar-refractivity contribution is 5.91. The molecule has 1 amide bonds. The number of hydrogen-bond acceptors (Lipinski definition) is 8. The molecule has 1 aromatic carbocycles. The summed E-state index contributed by atoms with van der Waals surface area (Å²) in [4.78, 5) is 19.9. The number of rotatable bonds is 8. The molecule has 3 N–H and O–H groups in total. The molecule has 9 heteroatoms. The third-order valence-electron chi connectivity index (χ3n) is 3.84. The summed E-state index contributed by atoms with van der Waals surface area (Å²) in [6, 6.07) is 1.71. The summed E-state index contributed by atoms with van der Waals surface area (Å²) in [7, 11) is -6.20. The molecule has 0 radical (unpaired) electrons. The van der Waals surface area contributed by atoms with E-state index < -0.39 is 81.2 Å². The van der Waals surface area contributed by atoms with Crippen LogP contribution in [0.2, 0.25) is 0 Å². The molecule has 1 fully saturated rings. The molecular formula is C19H27N5O4. The second kappa shape index (κ2) is 8.92. The summed E-state index contributed by atoms with van der Waals surface area (Å²) in [6.45, 7) is -10.8. The van der Waals surface area contributed by atoms with Gasteiger partial charge in [0.1, 0.15) is 11.9 Å². The predicted molar refractivity (Wildman–Crippen MR) is 107 cm³/mol. The van der Waals surface area contributed by atoms with Crippen LogP contribution in [-0.2, 0) is 9.53 Å². The van der Waals surface area contributed by atoms with E-state index in [2.05, 4.69) is 9.97 Å². The maximum atomic E-state index is 12.5. The van der Waals surface area contributed by atoms with Crippen LogP contribution in [0, 0.1) is 0 Å². The summed E-state index contributed by atoms with van der Waals surface area (Å²) in [5.74, 6) is -4.09. The first-order valence-corrected chi connectivity index (χ1v) is 8.00. The average molecular weight is 405 g/mol. The van der Waals surface area contributed by atoms with Crippen molar-refractivity contribution in [1.29, 1.82) is 0 Å². The molecule has 1 unspecified atom stereocenters. The van der Waals surface area contributed by atoms with Crippen LogP contribution in [0.4, 0.5) is 11.8 Å². The molecule has 1 atom stereocenters. The van der Waals surface area contributed by atoms with Gasteiger partial charge in [-0.3, -0.25) is 4.79 Å². The minimum Gasteiger partial charge on any atom is -0.493 e. The molecule has 3 rings (SSSR count). The normalized spacial score (nSPS) is 27.0. The standard InChI is InChI=1S/C19H27N5O4/c1-24(8-5-7-21-18(25)14-6-4-9-28-14)19-22-13-11-16(27-3)15(26-2)10-12(13)17(20)23-19/h10-11,14H,4-9H2,1-3H3,(H,21,25)(H2,20,22,23)/i1D3,2D3,3D3,5D2,7D2,8D2. The first-order chi connectivity index (χ1) is 19.3. The zero-order valence-corrected chi connectivity index (χ0v) is 14.4. The van der Waals surface area contributed by atoms with Gasteiger partial charge in [0.25, 0.3) is 0 Å². The van der Waals surface area contributed by atoms with Crippen LogP contribution in [0.1, 0.15) is 39.8 Å². The van der Waals surface area contributed by atoms with Crippen molar-refractivity contribution in [3.8, 4) is 11.5 Å². The third-order valence-corrected chi connectivity index (χ3v) is 3.84. The van der Waals surface area contributed by atoms with Crippen LogP contribution in [0.3, 0.4) is 0 Å². The summed E-state index contributed by atoms with van der Waals surface area (Å²) < 4.78 is 133. The Morgan fingerprint density at radius 1 is 1.43 bits per heavy atom. The Bertz CT molecular complexity index is 1360. The summed E-state index contributed by atoms with van der Waals surface area (Å²) in [5.41, 5.74) is 5.55. The van der Waals surface area contributed by atoms with E-state index in [4.69, 9.17) is 40.5 Å². The maximum Gasteiger partial charge on any atom is 0.249 e. The van der Waals surface area contributed by atoms with Gasteiger partial charge in [0.05, 0.1) is 27.8 Å². The van der Waals surface area contributed by atoms with Crippen LogP contribution < -0.4 is 25.4 Å². The van der Waals surface area contributed by atoms with Crippen molar-refractivity contribution in [3.05, 3.63) is 12.1 Å². The Kier molecular flexibility index (Phi) is 2.64. The van der Waals surface area contributed by atoms with E-state index >= 15 is 0 Å². The van der Waals surface area contributed by atoms with E-state index in [0.717, 1.165) is 12.1 Å². The molecule has 1 saturated heterocycles. The van der Waals surface area contributed by atoms with Crippen LogP contribution >= 0.6 is 0 Å². The Hall–Kier alpha value is -2.81. The lowest BCUT2D eigenvalue weighted by molar-refractivity contribution is -0.130. The number of nitrogens with one attached hydrogen (secondary N) is 1. The Balaban J connectivity index is 2.16. The lowest BCUT2D eigenvalue weighted by atomic mass is 10.2. The average Bonchev–Trinajstić information content (AvgIpc) is 3.31. The SMILES string of the molecule is [2H]C([2H])([2H])Oc1cc2nc(N(C([2H])([2H])[2H])C([2H])([2H])C([2H])([2H])C([2H])([2H])NC(=O)C3CCCO3)nc(N)c2cc1OC([2H])([2H])[2H]. The number of amides is 1. The molecular weight excluding hydrogens is 362 g/mol. The molecule has 0 aliphatic carbocycles. The van der Waals surface area contributed by atoms with Gasteiger partial charge in [0.2, 0.25) is 11.9 Å². The molecule has 152 valence electrons. The topological polar surface area (TPSA) is 112 Å².